The molecule has 1 amide bonds. The molecule has 0 spiro atoms. The summed E-state index contributed by atoms with van der Waals surface area (Å²) < 4.78 is 25.6. The van der Waals surface area contributed by atoms with Gasteiger partial charge in [-0.05, 0) is 51.5 Å². The van der Waals surface area contributed by atoms with Crippen LogP contribution in [0.1, 0.15) is 47.5 Å². The Morgan fingerprint density at radius 3 is 2.38 bits per heavy atom. The summed E-state index contributed by atoms with van der Waals surface area (Å²) in [7, 11) is -1.65. The smallest absolute Gasteiger partial charge is 0.272 e. The van der Waals surface area contributed by atoms with Crippen molar-refractivity contribution >= 4 is 21.5 Å². The summed E-state index contributed by atoms with van der Waals surface area (Å²) >= 11 is 0. The molecule has 0 saturated heterocycles. The Labute approximate surface area is 146 Å². The van der Waals surface area contributed by atoms with E-state index in [2.05, 4.69) is 4.99 Å². The van der Waals surface area contributed by atoms with E-state index in [0.29, 0.717) is 5.92 Å². The first-order valence-corrected chi connectivity index (χ1v) is 10.4. The van der Waals surface area contributed by atoms with E-state index in [9.17, 15) is 13.2 Å². The first-order chi connectivity index (χ1) is 10.9. The minimum Gasteiger partial charge on any atom is -0.336 e. The molecule has 136 valence electrons. The second kappa shape index (κ2) is 6.62. The van der Waals surface area contributed by atoms with Crippen LogP contribution in [0, 0.1) is 17.8 Å². The molecule has 1 fully saturated rings. The highest BCUT2D eigenvalue weighted by Crippen LogP contribution is 2.43. The van der Waals surface area contributed by atoms with E-state index < -0.39 is 15.2 Å². The molecule has 0 aromatic carbocycles. The quantitative estimate of drug-likeness (QED) is 0.762. The molecule has 24 heavy (non-hydrogen) atoms. The van der Waals surface area contributed by atoms with Crippen molar-refractivity contribution in [2.45, 2.75) is 58.4 Å². The van der Waals surface area contributed by atoms with Gasteiger partial charge in [-0.15, -0.1) is 0 Å². The van der Waals surface area contributed by atoms with Gasteiger partial charge < -0.3 is 4.90 Å². The minimum absolute atomic E-state index is 0.0485. The van der Waals surface area contributed by atoms with Crippen molar-refractivity contribution in [2.24, 2.45) is 22.7 Å². The van der Waals surface area contributed by atoms with E-state index in [1.54, 1.807) is 18.0 Å². The van der Waals surface area contributed by atoms with Crippen molar-refractivity contribution in [2.75, 3.05) is 12.8 Å². The van der Waals surface area contributed by atoms with Crippen LogP contribution in [0.25, 0.3) is 0 Å². The Hall–Kier alpha value is -1.17. The first kappa shape index (κ1) is 19.2. The largest absolute Gasteiger partial charge is 0.336 e. The maximum absolute atomic E-state index is 12.8. The van der Waals surface area contributed by atoms with Crippen molar-refractivity contribution in [3.63, 3.8) is 0 Å². The molecule has 6 heteroatoms. The van der Waals surface area contributed by atoms with Gasteiger partial charge in [-0.3, -0.25) is 9.79 Å². The van der Waals surface area contributed by atoms with Gasteiger partial charge >= 0.3 is 0 Å². The summed E-state index contributed by atoms with van der Waals surface area (Å²) in [5.74, 6) is 0.221. The van der Waals surface area contributed by atoms with Crippen LogP contribution >= 0.6 is 0 Å². The van der Waals surface area contributed by atoms with Crippen LogP contribution in [0.2, 0.25) is 0 Å². The van der Waals surface area contributed by atoms with Crippen molar-refractivity contribution in [1.82, 2.24) is 4.90 Å². The summed E-state index contributed by atoms with van der Waals surface area (Å²) in [4.78, 5) is 18.7. The van der Waals surface area contributed by atoms with E-state index in [-0.39, 0.29) is 34.7 Å². The van der Waals surface area contributed by atoms with Gasteiger partial charge in [0.25, 0.3) is 5.91 Å². The highest BCUT2D eigenvalue weighted by molar-refractivity contribution is 7.92. The number of carbonyl (C=O) groups excluding carboxylic acids is 1. The van der Waals surface area contributed by atoms with Crippen LogP contribution in [-0.4, -0.2) is 48.6 Å². The lowest BCUT2D eigenvalue weighted by molar-refractivity contribution is -0.126. The van der Waals surface area contributed by atoms with E-state index in [0.717, 1.165) is 12.8 Å². The van der Waals surface area contributed by atoms with Gasteiger partial charge in [0.2, 0.25) is 0 Å². The SMILES string of the molecule is CC(C)CS(=O)(=O)C1N=C(C(=O)N(C)C(C)(C)C)C=CC1C1CC1. The van der Waals surface area contributed by atoms with Gasteiger partial charge in [-0.2, -0.15) is 0 Å². The Balaban J connectivity index is 2.33. The predicted octanol–water partition coefficient (Wildman–Crippen LogP) is 2.68. The van der Waals surface area contributed by atoms with E-state index in [4.69, 9.17) is 0 Å². The molecular weight excluding hydrogens is 324 g/mol. The number of hydrogen-bond acceptors (Lipinski definition) is 4. The van der Waals surface area contributed by atoms with Gasteiger partial charge in [0.05, 0.1) is 5.75 Å². The second-order valence-corrected chi connectivity index (χ2v) is 10.6. The van der Waals surface area contributed by atoms with Crippen molar-refractivity contribution in [3.8, 4) is 0 Å². The lowest BCUT2D eigenvalue weighted by Crippen LogP contribution is -2.47. The highest BCUT2D eigenvalue weighted by atomic mass is 32.2. The Morgan fingerprint density at radius 2 is 1.92 bits per heavy atom. The summed E-state index contributed by atoms with van der Waals surface area (Å²) in [6, 6.07) is 0. The number of amides is 1. The fourth-order valence-corrected chi connectivity index (χ4v) is 5.11. The fourth-order valence-electron chi connectivity index (χ4n) is 2.92. The second-order valence-electron chi connectivity index (χ2n) is 8.44. The molecule has 2 rings (SSSR count). The third-order valence-corrected chi connectivity index (χ3v) is 6.99. The Bertz CT molecular complexity index is 652. The molecule has 1 saturated carbocycles. The third-order valence-electron chi connectivity index (χ3n) is 4.70. The minimum atomic E-state index is -3.37. The van der Waals surface area contributed by atoms with Gasteiger partial charge in [0, 0.05) is 18.5 Å². The molecule has 0 radical (unpaired) electrons. The standard InChI is InChI=1S/C18H30N2O3S/c1-12(2)11-24(22,23)16-14(13-7-8-13)9-10-15(19-16)17(21)20(6)18(3,4)5/h9-10,12-14,16H,7-8,11H2,1-6H3. The van der Waals surface area contributed by atoms with Crippen LogP contribution in [0.4, 0.5) is 0 Å². The summed E-state index contributed by atoms with van der Waals surface area (Å²) in [5, 5.41) is -0.815. The molecule has 0 bridgehead atoms. The lowest BCUT2D eigenvalue weighted by atomic mass is 9.99. The van der Waals surface area contributed by atoms with E-state index >= 15 is 0 Å². The molecule has 1 heterocycles. The average molecular weight is 355 g/mol. The summed E-state index contributed by atoms with van der Waals surface area (Å²) in [6.07, 6.45) is 5.71. The van der Waals surface area contributed by atoms with E-state index in [1.165, 1.54) is 0 Å². The number of hydrogen-bond donors (Lipinski definition) is 0. The number of rotatable bonds is 5. The number of aliphatic imine (C=N–C) groups is 1. The van der Waals surface area contributed by atoms with Crippen molar-refractivity contribution in [1.29, 1.82) is 0 Å². The highest BCUT2D eigenvalue weighted by Gasteiger charge is 2.43. The molecule has 0 aromatic heterocycles. The zero-order valence-corrected chi connectivity index (χ0v) is 16.4. The molecule has 0 aromatic rings. The van der Waals surface area contributed by atoms with Crippen molar-refractivity contribution in [3.05, 3.63) is 12.2 Å². The first-order valence-electron chi connectivity index (χ1n) is 8.69. The predicted molar refractivity (Wildman–Crippen MR) is 97.7 cm³/mol. The molecule has 1 aliphatic carbocycles. The normalized spacial score (nSPS) is 24.9. The van der Waals surface area contributed by atoms with Crippen molar-refractivity contribution < 1.29 is 13.2 Å². The maximum atomic E-state index is 12.8. The summed E-state index contributed by atoms with van der Waals surface area (Å²) in [5.41, 5.74) is -0.0887. The molecule has 1 aliphatic heterocycles. The number of carbonyl (C=O) groups is 1. The topological polar surface area (TPSA) is 66.8 Å². The van der Waals surface area contributed by atoms with Crippen LogP contribution in [0.3, 0.4) is 0 Å². The zero-order valence-electron chi connectivity index (χ0n) is 15.6. The number of dihydropyridines is 1. The van der Waals surface area contributed by atoms with Gasteiger partial charge in [0.1, 0.15) is 5.71 Å². The number of nitrogens with zero attached hydrogens (tertiary/aromatic N) is 2. The van der Waals surface area contributed by atoms with Gasteiger partial charge in [0.15, 0.2) is 15.2 Å². The fraction of sp³-hybridized carbons (Fsp3) is 0.778. The number of sulfone groups is 1. The average Bonchev–Trinajstić information content (AvgIpc) is 3.27. The monoisotopic (exact) mass is 354 g/mol. The van der Waals surface area contributed by atoms with Gasteiger partial charge in [-0.25, -0.2) is 8.42 Å². The Kier molecular flexibility index (Phi) is 5.28. The van der Waals surface area contributed by atoms with Crippen LogP contribution in [0.15, 0.2) is 17.1 Å². The molecular formula is C18H30N2O3S. The van der Waals surface area contributed by atoms with Crippen LogP contribution < -0.4 is 0 Å². The van der Waals surface area contributed by atoms with Gasteiger partial charge in [-0.1, -0.05) is 19.9 Å². The third kappa shape index (κ3) is 4.26. The summed E-state index contributed by atoms with van der Waals surface area (Å²) in [6.45, 7) is 9.62. The van der Waals surface area contributed by atoms with Crippen LogP contribution in [0.5, 0.6) is 0 Å². The molecule has 2 aliphatic rings. The molecule has 5 nitrogen and oxygen atoms in total. The molecule has 2 unspecified atom stereocenters. The molecule has 2 atom stereocenters. The van der Waals surface area contributed by atoms with Crippen LogP contribution in [-0.2, 0) is 14.6 Å². The zero-order chi connectivity index (χ0) is 18.3. The Morgan fingerprint density at radius 1 is 1.33 bits per heavy atom. The molecule has 0 N–H and O–H groups in total. The lowest BCUT2D eigenvalue weighted by Gasteiger charge is -2.33. The van der Waals surface area contributed by atoms with E-state index in [1.807, 2.05) is 40.7 Å². The maximum Gasteiger partial charge on any atom is 0.272 e.